The molecule has 2 N–H and O–H groups in total. The van der Waals surface area contributed by atoms with Crippen LogP contribution in [0, 0.1) is 18.8 Å². The second-order valence-corrected chi connectivity index (χ2v) is 5.39. The van der Waals surface area contributed by atoms with Crippen molar-refractivity contribution in [3.05, 3.63) is 29.3 Å². The molecule has 2 rings (SSSR count). The number of hydrogen-bond donors (Lipinski definition) is 1. The lowest BCUT2D eigenvalue weighted by molar-refractivity contribution is -0.146. The van der Waals surface area contributed by atoms with E-state index in [-0.39, 0.29) is 23.7 Å². The maximum Gasteiger partial charge on any atom is 0.310 e. The average molecular weight is 276 g/mol. The third kappa shape index (κ3) is 2.61. The summed E-state index contributed by atoms with van der Waals surface area (Å²) in [7, 11) is 1.38. The van der Waals surface area contributed by atoms with Gasteiger partial charge in [0.05, 0.1) is 13.0 Å². The third-order valence-electron chi connectivity index (χ3n) is 3.93. The number of likely N-dealkylation sites (tertiary alicyclic amines) is 1. The van der Waals surface area contributed by atoms with E-state index in [4.69, 9.17) is 10.5 Å². The van der Waals surface area contributed by atoms with E-state index >= 15 is 0 Å². The number of nitrogens with zero attached hydrogens (tertiary/aromatic N) is 1. The summed E-state index contributed by atoms with van der Waals surface area (Å²) in [5.74, 6) is -0.480. The summed E-state index contributed by atoms with van der Waals surface area (Å²) in [6.07, 6.45) is 0. The van der Waals surface area contributed by atoms with Gasteiger partial charge in [-0.05, 0) is 30.5 Å². The Bertz CT molecular complexity index is 542. The highest BCUT2D eigenvalue weighted by Gasteiger charge is 2.37. The highest BCUT2D eigenvalue weighted by atomic mass is 16.5. The van der Waals surface area contributed by atoms with Gasteiger partial charge in [0.15, 0.2) is 0 Å². The Morgan fingerprint density at radius 3 is 2.65 bits per heavy atom. The fraction of sp³-hybridized carbons (Fsp3) is 0.467. The number of benzene rings is 1. The monoisotopic (exact) mass is 276 g/mol. The van der Waals surface area contributed by atoms with E-state index in [0.717, 1.165) is 5.56 Å². The van der Waals surface area contributed by atoms with E-state index in [0.29, 0.717) is 24.3 Å². The van der Waals surface area contributed by atoms with Crippen LogP contribution in [-0.2, 0) is 9.53 Å². The zero-order valence-corrected chi connectivity index (χ0v) is 12.1. The van der Waals surface area contributed by atoms with Gasteiger partial charge in [0.1, 0.15) is 0 Å². The molecule has 2 atom stereocenters. The van der Waals surface area contributed by atoms with E-state index in [1.165, 1.54) is 7.11 Å². The Morgan fingerprint density at radius 2 is 2.05 bits per heavy atom. The van der Waals surface area contributed by atoms with Gasteiger partial charge in [0.25, 0.3) is 5.91 Å². The van der Waals surface area contributed by atoms with Crippen molar-refractivity contribution in [1.29, 1.82) is 0 Å². The van der Waals surface area contributed by atoms with Gasteiger partial charge in [0.2, 0.25) is 0 Å². The number of amides is 1. The van der Waals surface area contributed by atoms with E-state index < -0.39 is 0 Å². The van der Waals surface area contributed by atoms with Crippen molar-refractivity contribution in [1.82, 2.24) is 4.90 Å². The zero-order valence-electron chi connectivity index (χ0n) is 12.1. The average Bonchev–Trinajstić information content (AvgIpc) is 2.82. The lowest BCUT2D eigenvalue weighted by Gasteiger charge is -2.16. The molecule has 1 amide bonds. The van der Waals surface area contributed by atoms with E-state index in [1.54, 1.807) is 17.0 Å². The molecule has 1 saturated heterocycles. The summed E-state index contributed by atoms with van der Waals surface area (Å²) in [6.45, 7) is 4.82. The summed E-state index contributed by atoms with van der Waals surface area (Å²) in [4.78, 5) is 25.8. The van der Waals surface area contributed by atoms with Crippen molar-refractivity contribution in [2.24, 2.45) is 11.8 Å². The maximum atomic E-state index is 12.4. The summed E-state index contributed by atoms with van der Waals surface area (Å²) < 4.78 is 4.78. The Balaban J connectivity index is 2.14. The Labute approximate surface area is 118 Å². The van der Waals surface area contributed by atoms with Crippen LogP contribution >= 0.6 is 0 Å². The molecule has 0 spiro atoms. The fourth-order valence-corrected chi connectivity index (χ4v) is 2.55. The third-order valence-corrected chi connectivity index (χ3v) is 3.93. The molecule has 108 valence electrons. The number of aryl methyl sites for hydroxylation is 1. The first-order valence-corrected chi connectivity index (χ1v) is 6.67. The fourth-order valence-electron chi connectivity index (χ4n) is 2.55. The van der Waals surface area contributed by atoms with Crippen molar-refractivity contribution in [2.75, 3.05) is 25.9 Å². The number of carbonyl (C=O) groups is 2. The molecule has 0 aromatic heterocycles. The minimum absolute atomic E-state index is 0.0880. The van der Waals surface area contributed by atoms with Gasteiger partial charge in [-0.25, -0.2) is 0 Å². The molecule has 5 heteroatoms. The van der Waals surface area contributed by atoms with Crippen molar-refractivity contribution < 1.29 is 14.3 Å². The molecule has 5 nitrogen and oxygen atoms in total. The Hall–Kier alpha value is -2.04. The smallest absolute Gasteiger partial charge is 0.310 e. The molecule has 0 saturated carbocycles. The van der Waals surface area contributed by atoms with Gasteiger partial charge in [-0.15, -0.1) is 0 Å². The number of nitrogen functional groups attached to an aromatic ring is 1. The largest absolute Gasteiger partial charge is 0.469 e. The lowest BCUT2D eigenvalue weighted by atomic mass is 9.99. The van der Waals surface area contributed by atoms with Gasteiger partial charge < -0.3 is 15.4 Å². The molecule has 1 fully saturated rings. The number of esters is 1. The van der Waals surface area contributed by atoms with Gasteiger partial charge in [-0.1, -0.05) is 13.0 Å². The van der Waals surface area contributed by atoms with Crippen molar-refractivity contribution in [2.45, 2.75) is 13.8 Å². The van der Waals surface area contributed by atoms with E-state index in [1.807, 2.05) is 19.9 Å². The highest BCUT2D eigenvalue weighted by Crippen LogP contribution is 2.26. The van der Waals surface area contributed by atoms with Crippen LogP contribution in [0.5, 0.6) is 0 Å². The van der Waals surface area contributed by atoms with Crippen LogP contribution in [0.3, 0.4) is 0 Å². The topological polar surface area (TPSA) is 72.6 Å². The van der Waals surface area contributed by atoms with E-state index in [2.05, 4.69) is 0 Å². The summed E-state index contributed by atoms with van der Waals surface area (Å²) >= 11 is 0. The number of ether oxygens (including phenoxy) is 1. The first-order chi connectivity index (χ1) is 9.43. The molecule has 1 aromatic carbocycles. The molecule has 0 bridgehead atoms. The first-order valence-electron chi connectivity index (χ1n) is 6.67. The van der Waals surface area contributed by atoms with E-state index in [9.17, 15) is 9.59 Å². The zero-order chi connectivity index (χ0) is 14.9. The summed E-state index contributed by atoms with van der Waals surface area (Å²) in [5.41, 5.74) is 7.95. The summed E-state index contributed by atoms with van der Waals surface area (Å²) in [6, 6.07) is 5.29. The summed E-state index contributed by atoms with van der Waals surface area (Å²) in [5, 5.41) is 0. The quantitative estimate of drug-likeness (QED) is 0.655. The Morgan fingerprint density at radius 1 is 1.35 bits per heavy atom. The molecule has 1 aromatic rings. The molecule has 1 aliphatic heterocycles. The number of methoxy groups -OCH3 is 1. The molecular formula is C15H20N2O3. The molecule has 20 heavy (non-hydrogen) atoms. The van der Waals surface area contributed by atoms with Crippen molar-refractivity contribution in [3.8, 4) is 0 Å². The molecule has 1 aliphatic rings. The van der Waals surface area contributed by atoms with Crippen molar-refractivity contribution in [3.63, 3.8) is 0 Å². The number of nitrogens with two attached hydrogens (primary N) is 1. The number of rotatable bonds is 2. The minimum atomic E-state index is -0.253. The normalized spacial score (nSPS) is 21.9. The molecule has 0 radical (unpaired) electrons. The highest BCUT2D eigenvalue weighted by molar-refractivity contribution is 5.96. The first kappa shape index (κ1) is 14.4. The Kier molecular flexibility index (Phi) is 3.97. The van der Waals surface area contributed by atoms with Gasteiger partial charge in [-0.2, -0.15) is 0 Å². The van der Waals surface area contributed by atoms with Crippen LogP contribution in [0.15, 0.2) is 18.2 Å². The van der Waals surface area contributed by atoms with Gasteiger partial charge in [0, 0.05) is 24.3 Å². The molecular weight excluding hydrogens is 256 g/mol. The molecule has 0 aliphatic carbocycles. The van der Waals surface area contributed by atoms with Crippen LogP contribution < -0.4 is 5.73 Å². The predicted octanol–water partition coefficient (Wildman–Crippen LogP) is 1.46. The number of hydrogen-bond acceptors (Lipinski definition) is 4. The molecule has 2 unspecified atom stereocenters. The van der Waals surface area contributed by atoms with Crippen LogP contribution in [0.4, 0.5) is 5.69 Å². The van der Waals surface area contributed by atoms with Crippen molar-refractivity contribution >= 4 is 17.6 Å². The lowest BCUT2D eigenvalue weighted by Crippen LogP contribution is -2.30. The van der Waals surface area contributed by atoms with Gasteiger partial charge in [-0.3, -0.25) is 9.59 Å². The van der Waals surface area contributed by atoms with Gasteiger partial charge >= 0.3 is 5.97 Å². The second kappa shape index (κ2) is 5.53. The molecule has 1 heterocycles. The maximum absolute atomic E-state index is 12.4. The standard InChI is InChI=1S/C15H20N2O3/c1-9-4-5-11(6-13(9)16)14(18)17-7-10(2)12(8-17)15(19)20-3/h4-6,10,12H,7-8,16H2,1-3H3. The second-order valence-electron chi connectivity index (χ2n) is 5.39. The minimum Gasteiger partial charge on any atom is -0.469 e. The predicted molar refractivity (Wildman–Crippen MR) is 76.2 cm³/mol. The number of anilines is 1. The van der Waals surface area contributed by atoms with Crippen LogP contribution in [-0.4, -0.2) is 37.0 Å². The SMILES string of the molecule is COC(=O)C1CN(C(=O)c2ccc(C)c(N)c2)CC1C. The van der Waals surface area contributed by atoms with Crippen LogP contribution in [0.1, 0.15) is 22.8 Å². The van der Waals surface area contributed by atoms with Crippen LogP contribution in [0.25, 0.3) is 0 Å². The number of carbonyl (C=O) groups excluding carboxylic acids is 2. The van der Waals surface area contributed by atoms with Crippen LogP contribution in [0.2, 0.25) is 0 Å².